The molecule has 4 heteroatoms. The van der Waals surface area contributed by atoms with Crippen molar-refractivity contribution in [1.82, 2.24) is 0 Å². The van der Waals surface area contributed by atoms with Gasteiger partial charge in [0.2, 0.25) is 5.78 Å². The highest BCUT2D eigenvalue weighted by Crippen LogP contribution is 2.17. The van der Waals surface area contributed by atoms with E-state index in [0.29, 0.717) is 12.1 Å². The molecule has 116 valence electrons. The van der Waals surface area contributed by atoms with Crippen LogP contribution in [-0.2, 0) is 0 Å². The standard InChI is InChI=1S/C19H18N2O2/c1-21(11-12-22)18-9-7-15(8-10-18)13-17(14-20)19(23)16-5-3-2-4-6-16/h2-10,13,22H,11-12H2,1H3/b17-13+. The van der Waals surface area contributed by atoms with Crippen molar-refractivity contribution in [1.29, 1.82) is 5.26 Å². The molecule has 4 nitrogen and oxygen atoms in total. The average molecular weight is 306 g/mol. The maximum atomic E-state index is 12.3. The van der Waals surface area contributed by atoms with Gasteiger partial charge in [0.25, 0.3) is 0 Å². The van der Waals surface area contributed by atoms with E-state index in [4.69, 9.17) is 5.11 Å². The van der Waals surface area contributed by atoms with Crippen LogP contribution in [0.5, 0.6) is 0 Å². The van der Waals surface area contributed by atoms with Gasteiger partial charge in [0.05, 0.1) is 6.61 Å². The Morgan fingerprint density at radius 3 is 2.39 bits per heavy atom. The van der Waals surface area contributed by atoms with E-state index in [1.165, 1.54) is 0 Å². The first kappa shape index (κ1) is 16.5. The van der Waals surface area contributed by atoms with E-state index in [-0.39, 0.29) is 18.0 Å². The molecule has 2 rings (SSSR count). The summed E-state index contributed by atoms with van der Waals surface area (Å²) in [5, 5.41) is 18.2. The summed E-state index contributed by atoms with van der Waals surface area (Å²) in [6.45, 7) is 0.632. The molecule has 0 aliphatic rings. The van der Waals surface area contributed by atoms with E-state index in [9.17, 15) is 10.1 Å². The fourth-order valence-corrected chi connectivity index (χ4v) is 2.16. The molecule has 2 aromatic carbocycles. The summed E-state index contributed by atoms with van der Waals surface area (Å²) in [4.78, 5) is 14.2. The number of allylic oxidation sites excluding steroid dienone is 1. The fraction of sp³-hybridized carbons (Fsp3) is 0.158. The lowest BCUT2D eigenvalue weighted by atomic mass is 10.0. The van der Waals surface area contributed by atoms with E-state index < -0.39 is 0 Å². The van der Waals surface area contributed by atoms with Crippen molar-refractivity contribution in [2.45, 2.75) is 0 Å². The smallest absolute Gasteiger partial charge is 0.203 e. The van der Waals surface area contributed by atoms with Crippen LogP contribution in [0.3, 0.4) is 0 Å². The van der Waals surface area contributed by atoms with E-state index >= 15 is 0 Å². The van der Waals surface area contributed by atoms with Gasteiger partial charge in [-0.25, -0.2) is 0 Å². The Bertz CT molecular complexity index is 728. The zero-order valence-corrected chi connectivity index (χ0v) is 12.9. The van der Waals surface area contributed by atoms with Crippen LogP contribution < -0.4 is 4.90 Å². The highest BCUT2D eigenvalue weighted by Gasteiger charge is 2.11. The van der Waals surface area contributed by atoms with Gasteiger partial charge in [0, 0.05) is 24.8 Å². The molecule has 1 N–H and O–H groups in total. The number of nitrogens with zero attached hydrogens (tertiary/aromatic N) is 2. The van der Waals surface area contributed by atoms with Crippen molar-refractivity contribution < 1.29 is 9.90 Å². The van der Waals surface area contributed by atoms with Crippen LogP contribution in [0, 0.1) is 11.3 Å². The zero-order valence-electron chi connectivity index (χ0n) is 12.9. The van der Waals surface area contributed by atoms with Crippen molar-refractivity contribution in [3.05, 3.63) is 71.3 Å². The Hall–Kier alpha value is -2.90. The van der Waals surface area contributed by atoms with E-state index in [1.54, 1.807) is 30.3 Å². The number of likely N-dealkylation sites (N-methyl/N-ethyl adjacent to an activating group) is 1. The molecular formula is C19H18N2O2. The van der Waals surface area contributed by atoms with Crippen LogP contribution in [0.15, 0.2) is 60.2 Å². The molecule has 2 aromatic rings. The molecule has 0 heterocycles. The lowest BCUT2D eigenvalue weighted by Gasteiger charge is -2.17. The number of hydrogen-bond acceptors (Lipinski definition) is 4. The normalized spacial score (nSPS) is 10.9. The van der Waals surface area contributed by atoms with Gasteiger partial charge in [-0.2, -0.15) is 5.26 Å². The van der Waals surface area contributed by atoms with Gasteiger partial charge in [-0.1, -0.05) is 42.5 Å². The summed E-state index contributed by atoms with van der Waals surface area (Å²) in [6, 6.07) is 18.2. The summed E-state index contributed by atoms with van der Waals surface area (Å²) < 4.78 is 0. The number of hydrogen-bond donors (Lipinski definition) is 1. The van der Waals surface area contributed by atoms with Crippen LogP contribution in [-0.4, -0.2) is 31.1 Å². The molecule has 0 radical (unpaired) electrons. The fourth-order valence-electron chi connectivity index (χ4n) is 2.16. The van der Waals surface area contributed by atoms with Gasteiger partial charge in [-0.3, -0.25) is 4.79 Å². The summed E-state index contributed by atoms with van der Waals surface area (Å²) in [5.74, 6) is -0.283. The van der Waals surface area contributed by atoms with Gasteiger partial charge in [-0.05, 0) is 23.8 Å². The maximum absolute atomic E-state index is 12.3. The quantitative estimate of drug-likeness (QED) is 0.506. The Labute approximate surface area is 135 Å². The summed E-state index contributed by atoms with van der Waals surface area (Å²) in [7, 11) is 1.89. The first-order valence-electron chi connectivity index (χ1n) is 7.29. The monoisotopic (exact) mass is 306 g/mol. The highest BCUT2D eigenvalue weighted by molar-refractivity contribution is 6.14. The molecule has 0 spiro atoms. The third kappa shape index (κ3) is 4.29. The molecular weight excluding hydrogens is 288 g/mol. The number of ketones is 1. The Morgan fingerprint density at radius 2 is 1.83 bits per heavy atom. The molecule has 0 amide bonds. The lowest BCUT2D eigenvalue weighted by Crippen LogP contribution is -2.20. The Kier molecular flexibility index (Phi) is 5.67. The van der Waals surface area contributed by atoms with E-state index in [1.807, 2.05) is 48.3 Å². The minimum absolute atomic E-state index is 0.0856. The third-order valence-electron chi connectivity index (χ3n) is 3.48. The predicted octanol–water partition coefficient (Wildman–Crippen LogP) is 2.90. The minimum Gasteiger partial charge on any atom is -0.395 e. The van der Waals surface area contributed by atoms with Crippen molar-refractivity contribution in [2.75, 3.05) is 25.1 Å². The summed E-state index contributed by atoms with van der Waals surface area (Å²) in [6.07, 6.45) is 1.59. The Morgan fingerprint density at radius 1 is 1.17 bits per heavy atom. The molecule has 0 unspecified atom stereocenters. The number of aliphatic hydroxyl groups excluding tert-OH is 1. The van der Waals surface area contributed by atoms with Crippen molar-refractivity contribution in [3.8, 4) is 6.07 Å². The second kappa shape index (κ2) is 7.92. The van der Waals surface area contributed by atoms with E-state index in [2.05, 4.69) is 0 Å². The van der Waals surface area contributed by atoms with Crippen molar-refractivity contribution >= 4 is 17.5 Å². The van der Waals surface area contributed by atoms with Crippen molar-refractivity contribution in [2.24, 2.45) is 0 Å². The number of rotatable bonds is 6. The molecule has 0 aromatic heterocycles. The highest BCUT2D eigenvalue weighted by atomic mass is 16.3. The van der Waals surface area contributed by atoms with Gasteiger partial charge in [0.15, 0.2) is 0 Å². The van der Waals surface area contributed by atoms with Crippen molar-refractivity contribution in [3.63, 3.8) is 0 Å². The SMILES string of the molecule is CN(CCO)c1ccc(/C=C(\C#N)C(=O)c2ccccc2)cc1. The number of benzene rings is 2. The second-order valence-electron chi connectivity index (χ2n) is 5.10. The third-order valence-corrected chi connectivity index (χ3v) is 3.48. The number of nitriles is 1. The zero-order chi connectivity index (χ0) is 16.7. The topological polar surface area (TPSA) is 64.3 Å². The molecule has 23 heavy (non-hydrogen) atoms. The molecule has 0 atom stereocenters. The largest absolute Gasteiger partial charge is 0.395 e. The van der Waals surface area contributed by atoms with Crippen LogP contribution in [0.25, 0.3) is 6.08 Å². The van der Waals surface area contributed by atoms with E-state index in [0.717, 1.165) is 11.3 Å². The Balaban J connectivity index is 2.22. The first-order valence-corrected chi connectivity index (χ1v) is 7.29. The van der Waals surface area contributed by atoms with Gasteiger partial charge in [0.1, 0.15) is 11.6 Å². The van der Waals surface area contributed by atoms with Crippen LogP contribution >= 0.6 is 0 Å². The second-order valence-corrected chi connectivity index (χ2v) is 5.10. The molecule has 0 saturated carbocycles. The predicted molar refractivity (Wildman–Crippen MR) is 91.2 cm³/mol. The maximum Gasteiger partial charge on any atom is 0.203 e. The first-order chi connectivity index (χ1) is 11.2. The van der Waals surface area contributed by atoms with Gasteiger partial charge in [-0.15, -0.1) is 0 Å². The van der Waals surface area contributed by atoms with Crippen LogP contribution in [0.2, 0.25) is 0 Å². The van der Waals surface area contributed by atoms with Crippen LogP contribution in [0.1, 0.15) is 15.9 Å². The number of carbonyl (C=O) groups excluding carboxylic acids is 1. The van der Waals surface area contributed by atoms with Gasteiger partial charge >= 0.3 is 0 Å². The lowest BCUT2D eigenvalue weighted by molar-refractivity contribution is 0.104. The number of aliphatic hydroxyl groups is 1. The van der Waals surface area contributed by atoms with Crippen LogP contribution in [0.4, 0.5) is 5.69 Å². The number of Topliss-reactive ketones (excluding diaryl/α,β-unsaturated/α-hetero) is 1. The minimum atomic E-state index is -0.283. The molecule has 0 fully saturated rings. The molecule has 0 bridgehead atoms. The number of anilines is 1. The molecule has 0 saturated heterocycles. The molecule has 0 aliphatic heterocycles. The summed E-state index contributed by atoms with van der Waals surface area (Å²) >= 11 is 0. The number of carbonyl (C=O) groups is 1. The van der Waals surface area contributed by atoms with Gasteiger partial charge < -0.3 is 10.0 Å². The average Bonchev–Trinajstić information content (AvgIpc) is 2.60. The summed E-state index contributed by atoms with van der Waals surface area (Å²) in [5.41, 5.74) is 2.35. The molecule has 0 aliphatic carbocycles.